The van der Waals surface area contributed by atoms with Crippen molar-refractivity contribution < 1.29 is 13.5 Å². The van der Waals surface area contributed by atoms with Crippen molar-refractivity contribution in [2.24, 2.45) is 0 Å². The van der Waals surface area contributed by atoms with Gasteiger partial charge < -0.3 is 10.8 Å². The maximum Gasteiger partial charge on any atom is 0.240 e. The molecule has 106 valence electrons. The fraction of sp³-hybridized carbons (Fsp3) is 0.143. The SMILES string of the molecule is Cc1ccc(CNS(=O)(=O)c2ccc(O)c(N)c2)cc1. The molecule has 0 heterocycles. The molecule has 0 radical (unpaired) electrons. The number of nitrogen functional groups attached to an aromatic ring is 1. The highest BCUT2D eigenvalue weighted by Gasteiger charge is 2.14. The second-order valence-corrected chi connectivity index (χ2v) is 6.30. The molecule has 20 heavy (non-hydrogen) atoms. The van der Waals surface area contributed by atoms with Crippen LogP contribution in [0, 0.1) is 6.92 Å². The summed E-state index contributed by atoms with van der Waals surface area (Å²) in [5.41, 5.74) is 7.51. The molecular formula is C14H16N2O3S. The van der Waals surface area contributed by atoms with E-state index in [2.05, 4.69) is 4.72 Å². The first kappa shape index (κ1) is 14.4. The van der Waals surface area contributed by atoms with Gasteiger partial charge in [-0.2, -0.15) is 0 Å². The predicted octanol–water partition coefficient (Wildman–Crippen LogP) is 1.76. The van der Waals surface area contributed by atoms with Gasteiger partial charge >= 0.3 is 0 Å². The topological polar surface area (TPSA) is 92.4 Å². The standard InChI is InChI=1S/C14H16N2O3S/c1-10-2-4-11(5-3-10)9-16-20(18,19)12-6-7-14(17)13(15)8-12/h2-8,16-17H,9,15H2,1H3. The van der Waals surface area contributed by atoms with Crippen LogP contribution in [0.2, 0.25) is 0 Å². The Kier molecular flexibility index (Phi) is 3.96. The monoisotopic (exact) mass is 292 g/mol. The lowest BCUT2D eigenvalue weighted by Crippen LogP contribution is -2.23. The minimum atomic E-state index is -3.65. The lowest BCUT2D eigenvalue weighted by Gasteiger charge is -2.08. The molecule has 0 aliphatic rings. The smallest absolute Gasteiger partial charge is 0.240 e. The van der Waals surface area contributed by atoms with E-state index in [1.54, 1.807) is 0 Å². The fourth-order valence-corrected chi connectivity index (χ4v) is 2.72. The molecule has 0 fully saturated rings. The lowest BCUT2D eigenvalue weighted by atomic mass is 10.2. The molecule has 5 nitrogen and oxygen atoms in total. The van der Waals surface area contributed by atoms with Crippen LogP contribution in [0.5, 0.6) is 5.75 Å². The van der Waals surface area contributed by atoms with Crippen molar-refractivity contribution in [1.82, 2.24) is 4.72 Å². The van der Waals surface area contributed by atoms with Gasteiger partial charge in [0.05, 0.1) is 10.6 Å². The van der Waals surface area contributed by atoms with Gasteiger partial charge in [0, 0.05) is 6.54 Å². The Balaban J connectivity index is 2.14. The van der Waals surface area contributed by atoms with Crippen LogP contribution < -0.4 is 10.5 Å². The van der Waals surface area contributed by atoms with E-state index in [4.69, 9.17) is 5.73 Å². The Morgan fingerprint density at radius 1 is 1.15 bits per heavy atom. The highest BCUT2D eigenvalue weighted by atomic mass is 32.2. The van der Waals surface area contributed by atoms with Crippen molar-refractivity contribution in [3.63, 3.8) is 0 Å². The highest BCUT2D eigenvalue weighted by Crippen LogP contribution is 2.23. The van der Waals surface area contributed by atoms with Gasteiger partial charge in [-0.25, -0.2) is 13.1 Å². The summed E-state index contributed by atoms with van der Waals surface area (Å²) in [5.74, 6) is -0.137. The van der Waals surface area contributed by atoms with E-state index in [1.165, 1.54) is 18.2 Å². The molecule has 0 unspecified atom stereocenters. The van der Waals surface area contributed by atoms with Gasteiger partial charge in [0.1, 0.15) is 5.75 Å². The number of anilines is 1. The molecule has 0 aromatic heterocycles. The third-order valence-corrected chi connectivity index (χ3v) is 4.30. The van der Waals surface area contributed by atoms with Crippen LogP contribution in [0.15, 0.2) is 47.4 Å². The number of rotatable bonds is 4. The van der Waals surface area contributed by atoms with Crippen LogP contribution in [0.25, 0.3) is 0 Å². The Bertz CT molecular complexity index is 710. The average Bonchev–Trinajstić information content (AvgIpc) is 2.41. The summed E-state index contributed by atoms with van der Waals surface area (Å²) >= 11 is 0. The number of sulfonamides is 1. The molecule has 0 aliphatic carbocycles. The van der Waals surface area contributed by atoms with Crippen LogP contribution in [-0.2, 0) is 16.6 Å². The van der Waals surface area contributed by atoms with E-state index in [1.807, 2.05) is 31.2 Å². The molecule has 2 aromatic rings. The summed E-state index contributed by atoms with van der Waals surface area (Å²) in [4.78, 5) is 0.0277. The Morgan fingerprint density at radius 3 is 2.40 bits per heavy atom. The molecule has 4 N–H and O–H groups in total. The number of hydrogen-bond donors (Lipinski definition) is 3. The maximum absolute atomic E-state index is 12.1. The molecule has 0 saturated carbocycles. The number of nitrogens with one attached hydrogen (secondary N) is 1. The Morgan fingerprint density at radius 2 is 1.80 bits per heavy atom. The summed E-state index contributed by atoms with van der Waals surface area (Å²) in [7, 11) is -3.65. The summed E-state index contributed by atoms with van der Waals surface area (Å²) in [5, 5.41) is 9.30. The molecule has 2 aromatic carbocycles. The third kappa shape index (κ3) is 3.28. The number of phenols is 1. The number of benzene rings is 2. The van der Waals surface area contributed by atoms with Gasteiger partial charge in [-0.1, -0.05) is 29.8 Å². The fourth-order valence-electron chi connectivity index (χ4n) is 1.67. The molecule has 0 atom stereocenters. The highest BCUT2D eigenvalue weighted by molar-refractivity contribution is 7.89. The van der Waals surface area contributed by atoms with Crippen LogP contribution in [0.3, 0.4) is 0 Å². The predicted molar refractivity (Wildman–Crippen MR) is 77.7 cm³/mol. The molecule has 0 saturated heterocycles. The molecule has 6 heteroatoms. The van der Waals surface area contributed by atoms with Crippen molar-refractivity contribution in [3.8, 4) is 5.75 Å². The van der Waals surface area contributed by atoms with Crippen LogP contribution in [0.4, 0.5) is 5.69 Å². The van der Waals surface area contributed by atoms with Crippen molar-refractivity contribution in [1.29, 1.82) is 0 Å². The van der Waals surface area contributed by atoms with Crippen LogP contribution >= 0.6 is 0 Å². The normalized spacial score (nSPS) is 11.4. The third-order valence-electron chi connectivity index (χ3n) is 2.90. The first-order valence-corrected chi connectivity index (χ1v) is 7.50. The average molecular weight is 292 g/mol. The van der Waals surface area contributed by atoms with Gasteiger partial charge in [-0.05, 0) is 30.7 Å². The summed E-state index contributed by atoms with van der Waals surface area (Å²) in [6, 6.07) is 11.4. The van der Waals surface area contributed by atoms with Crippen molar-refractivity contribution in [2.45, 2.75) is 18.4 Å². The zero-order valence-electron chi connectivity index (χ0n) is 11.0. The van der Waals surface area contributed by atoms with Gasteiger partial charge in [-0.3, -0.25) is 0 Å². The van der Waals surface area contributed by atoms with E-state index < -0.39 is 10.0 Å². The largest absolute Gasteiger partial charge is 0.506 e. The summed E-state index contributed by atoms with van der Waals surface area (Å²) in [6.45, 7) is 2.16. The number of hydrogen-bond acceptors (Lipinski definition) is 4. The van der Waals surface area contributed by atoms with E-state index in [9.17, 15) is 13.5 Å². The first-order chi connectivity index (χ1) is 9.38. The zero-order valence-corrected chi connectivity index (χ0v) is 11.8. The van der Waals surface area contributed by atoms with Gasteiger partial charge in [-0.15, -0.1) is 0 Å². The molecule has 0 amide bonds. The maximum atomic E-state index is 12.1. The number of aryl methyl sites for hydroxylation is 1. The molecule has 0 bridgehead atoms. The summed E-state index contributed by atoms with van der Waals surface area (Å²) < 4.78 is 26.7. The second-order valence-electron chi connectivity index (χ2n) is 4.53. The number of phenolic OH excluding ortho intramolecular Hbond substituents is 1. The first-order valence-electron chi connectivity index (χ1n) is 6.02. The van der Waals surface area contributed by atoms with Gasteiger partial charge in [0.25, 0.3) is 0 Å². The van der Waals surface area contributed by atoms with Crippen molar-refractivity contribution >= 4 is 15.7 Å². The quantitative estimate of drug-likeness (QED) is 0.591. The number of aromatic hydroxyl groups is 1. The molecule has 0 spiro atoms. The second kappa shape index (κ2) is 5.52. The van der Waals surface area contributed by atoms with E-state index >= 15 is 0 Å². The van der Waals surface area contributed by atoms with Crippen molar-refractivity contribution in [2.75, 3.05) is 5.73 Å². The lowest BCUT2D eigenvalue weighted by molar-refractivity contribution is 0.477. The summed E-state index contributed by atoms with van der Waals surface area (Å²) in [6.07, 6.45) is 0. The van der Waals surface area contributed by atoms with Crippen LogP contribution in [0.1, 0.15) is 11.1 Å². The minimum absolute atomic E-state index is 0.0277. The van der Waals surface area contributed by atoms with Crippen LogP contribution in [-0.4, -0.2) is 13.5 Å². The Hall–Kier alpha value is -2.05. The van der Waals surface area contributed by atoms with Gasteiger partial charge in [0.2, 0.25) is 10.0 Å². The minimum Gasteiger partial charge on any atom is -0.506 e. The van der Waals surface area contributed by atoms with E-state index in [0.29, 0.717) is 0 Å². The zero-order chi connectivity index (χ0) is 14.8. The van der Waals surface area contributed by atoms with Crippen molar-refractivity contribution in [3.05, 3.63) is 53.6 Å². The molecular weight excluding hydrogens is 276 g/mol. The number of nitrogens with two attached hydrogens (primary N) is 1. The molecule has 2 rings (SSSR count). The Labute approximate surface area is 118 Å². The van der Waals surface area contributed by atoms with Gasteiger partial charge in [0.15, 0.2) is 0 Å². The van der Waals surface area contributed by atoms with E-state index in [0.717, 1.165) is 11.1 Å². The van der Waals surface area contributed by atoms with E-state index in [-0.39, 0.29) is 22.9 Å². The molecule has 0 aliphatic heterocycles.